The third kappa shape index (κ3) is 7.47. The molecule has 9 nitrogen and oxygen atoms in total. The van der Waals surface area contributed by atoms with Gasteiger partial charge in [0.1, 0.15) is 17.9 Å². The first-order valence-corrected chi connectivity index (χ1v) is 15.7. The maximum absolute atomic E-state index is 13.9. The third-order valence-electron chi connectivity index (χ3n) is 9.14. The zero-order chi connectivity index (χ0) is 30.2. The normalized spacial score (nSPS) is 24.5. The minimum Gasteiger partial charge on any atom is -0.361 e. The van der Waals surface area contributed by atoms with Crippen molar-refractivity contribution in [2.45, 2.75) is 110 Å². The van der Waals surface area contributed by atoms with Gasteiger partial charge in [-0.05, 0) is 43.2 Å². The van der Waals surface area contributed by atoms with E-state index >= 15 is 0 Å². The van der Waals surface area contributed by atoms with E-state index < -0.39 is 30.0 Å². The number of nitrogens with one attached hydrogen (secondary N) is 3. The molecule has 9 heteroatoms. The summed E-state index contributed by atoms with van der Waals surface area (Å²) in [6, 6.07) is 5.53. The molecule has 3 amide bonds. The van der Waals surface area contributed by atoms with Gasteiger partial charge in [-0.2, -0.15) is 0 Å². The summed E-state index contributed by atoms with van der Waals surface area (Å²) in [6.07, 6.45) is 7.86. The smallest absolute Gasteiger partial charge is 0.246 e. The largest absolute Gasteiger partial charge is 0.361 e. The quantitative estimate of drug-likeness (QED) is 0.344. The van der Waals surface area contributed by atoms with E-state index in [4.69, 9.17) is 0 Å². The topological polar surface area (TPSA) is 128 Å². The van der Waals surface area contributed by atoms with E-state index in [9.17, 15) is 24.0 Å². The molecule has 5 atom stereocenters. The molecule has 2 aliphatic rings. The van der Waals surface area contributed by atoms with Crippen LogP contribution in [0.4, 0.5) is 0 Å². The van der Waals surface area contributed by atoms with Gasteiger partial charge in [0.2, 0.25) is 17.7 Å². The first kappa shape index (κ1) is 31.4. The number of amides is 3. The molecule has 0 saturated carbocycles. The van der Waals surface area contributed by atoms with E-state index in [2.05, 4.69) is 15.6 Å². The number of rotatable bonds is 11. The van der Waals surface area contributed by atoms with Crippen molar-refractivity contribution >= 4 is 40.2 Å². The molecule has 2 aliphatic heterocycles. The van der Waals surface area contributed by atoms with Gasteiger partial charge in [-0.1, -0.05) is 58.2 Å². The van der Waals surface area contributed by atoms with E-state index in [1.54, 1.807) is 4.90 Å². The minimum absolute atomic E-state index is 0.0313. The van der Waals surface area contributed by atoms with Crippen LogP contribution in [0.25, 0.3) is 10.9 Å². The monoisotopic (exact) mass is 578 g/mol. The summed E-state index contributed by atoms with van der Waals surface area (Å²) >= 11 is 0. The van der Waals surface area contributed by atoms with Crippen LogP contribution in [-0.2, 0) is 30.4 Å². The van der Waals surface area contributed by atoms with E-state index in [1.165, 1.54) is 0 Å². The number of fused-ring (bicyclic) bond motifs is 2. The number of hydrogen-bond donors (Lipinski definition) is 3. The van der Waals surface area contributed by atoms with Crippen LogP contribution in [0.2, 0.25) is 0 Å². The molecule has 1 unspecified atom stereocenters. The van der Waals surface area contributed by atoms with Gasteiger partial charge >= 0.3 is 0 Å². The number of H-pyrrole nitrogens is 1. The van der Waals surface area contributed by atoms with Crippen LogP contribution in [0.3, 0.4) is 0 Å². The van der Waals surface area contributed by atoms with Crippen molar-refractivity contribution in [3.63, 3.8) is 0 Å². The molecule has 1 aromatic carbocycles. The Labute approximate surface area is 248 Å². The van der Waals surface area contributed by atoms with Crippen LogP contribution in [0.5, 0.6) is 0 Å². The molecule has 1 aromatic heterocycles. The van der Waals surface area contributed by atoms with Crippen LogP contribution in [0.15, 0.2) is 30.5 Å². The molecule has 42 heavy (non-hydrogen) atoms. The summed E-state index contributed by atoms with van der Waals surface area (Å²) in [5, 5.41) is 6.94. The molecular formula is C33H46N4O5. The summed E-state index contributed by atoms with van der Waals surface area (Å²) in [5.41, 5.74) is 1.82. The summed E-state index contributed by atoms with van der Waals surface area (Å²) in [4.78, 5) is 71.7. The maximum Gasteiger partial charge on any atom is 0.246 e. The molecule has 2 fully saturated rings. The van der Waals surface area contributed by atoms with Crippen molar-refractivity contribution in [2.24, 2.45) is 11.8 Å². The van der Waals surface area contributed by atoms with Crippen molar-refractivity contribution in [1.82, 2.24) is 20.5 Å². The average molecular weight is 579 g/mol. The number of aromatic amines is 1. The van der Waals surface area contributed by atoms with E-state index in [1.807, 2.05) is 51.2 Å². The fraction of sp³-hybridized carbons (Fsp3) is 0.606. The number of hydrogen-bond acceptors (Lipinski definition) is 5. The Bertz CT molecular complexity index is 1290. The standard InChI is InChI=1S/C33H46N4O5/c1-4-21(3)30-33(42)37-17-11-16-28(37)29(39)19-22(12-7-6-8-13-24(38)5-2)31(40)35-27(32(41)36-30)18-23-20-34-26-15-10-9-14-25(23)26/h9-10,14-15,20-22,27-28,30,34H,4-8,11-13,16-19H2,1-3H3,(H,35,40)(H,36,41)/t21?,22-,27+,28-,30+/m1/s1. The fourth-order valence-corrected chi connectivity index (χ4v) is 6.27. The van der Waals surface area contributed by atoms with Gasteiger partial charge in [-0.25, -0.2) is 0 Å². The highest BCUT2D eigenvalue weighted by atomic mass is 16.2. The molecule has 0 radical (unpaired) electrons. The number of para-hydroxylation sites is 1. The lowest BCUT2D eigenvalue weighted by Gasteiger charge is -2.34. The first-order chi connectivity index (χ1) is 20.2. The van der Waals surface area contributed by atoms with E-state index in [-0.39, 0.29) is 42.1 Å². The first-order valence-electron chi connectivity index (χ1n) is 15.7. The maximum atomic E-state index is 13.9. The molecule has 3 N–H and O–H groups in total. The molecule has 0 aliphatic carbocycles. The van der Waals surface area contributed by atoms with E-state index in [0.717, 1.165) is 35.7 Å². The second-order valence-electron chi connectivity index (χ2n) is 12.0. The SMILES string of the molecule is CCC(=O)CCCCC[C@@H]1CC(=O)[C@H]2CCCN2C(=O)[C@H](C(C)CC)NC(=O)[C@H](Cc2c[nH]c3ccccc23)NC1=O. The Morgan fingerprint density at radius 2 is 1.81 bits per heavy atom. The Balaban J connectivity index is 1.61. The molecule has 2 aromatic rings. The van der Waals surface area contributed by atoms with Crippen LogP contribution < -0.4 is 10.6 Å². The summed E-state index contributed by atoms with van der Waals surface area (Å²) < 4.78 is 0. The van der Waals surface area contributed by atoms with Gasteiger partial charge < -0.3 is 20.5 Å². The van der Waals surface area contributed by atoms with Crippen molar-refractivity contribution in [2.75, 3.05) is 6.54 Å². The number of Topliss-reactive ketones (excluding diaryl/α,β-unsaturated/α-hetero) is 2. The molecule has 228 valence electrons. The molecular weight excluding hydrogens is 532 g/mol. The van der Waals surface area contributed by atoms with Crippen molar-refractivity contribution in [3.8, 4) is 0 Å². The van der Waals surface area contributed by atoms with Crippen molar-refractivity contribution in [3.05, 3.63) is 36.0 Å². The second kappa shape index (κ2) is 14.6. The third-order valence-corrected chi connectivity index (χ3v) is 9.14. The van der Waals surface area contributed by atoms with Crippen molar-refractivity contribution in [1.29, 1.82) is 0 Å². The Kier molecular flexibility index (Phi) is 10.9. The summed E-state index contributed by atoms with van der Waals surface area (Å²) in [6.45, 7) is 6.23. The number of carbonyl (C=O) groups is 5. The van der Waals surface area contributed by atoms with Crippen LogP contribution >= 0.6 is 0 Å². The Morgan fingerprint density at radius 3 is 2.57 bits per heavy atom. The number of nitrogens with zero attached hydrogens (tertiary/aromatic N) is 1. The number of unbranched alkanes of at least 4 members (excludes halogenated alkanes) is 2. The highest BCUT2D eigenvalue weighted by molar-refractivity contribution is 5.98. The van der Waals surface area contributed by atoms with Crippen LogP contribution in [0, 0.1) is 11.8 Å². The molecule has 3 heterocycles. The number of aromatic nitrogens is 1. The molecule has 0 bridgehead atoms. The van der Waals surface area contributed by atoms with Gasteiger partial charge in [0.25, 0.3) is 0 Å². The van der Waals surface area contributed by atoms with Gasteiger partial charge in [-0.3, -0.25) is 24.0 Å². The summed E-state index contributed by atoms with van der Waals surface area (Å²) in [5.74, 6) is -1.55. The number of benzene rings is 1. The van der Waals surface area contributed by atoms with Gasteiger partial charge in [0, 0.05) is 55.2 Å². The van der Waals surface area contributed by atoms with Crippen LogP contribution in [-0.4, -0.2) is 63.8 Å². The lowest BCUT2D eigenvalue weighted by Crippen LogP contribution is -2.59. The highest BCUT2D eigenvalue weighted by Gasteiger charge is 2.41. The average Bonchev–Trinajstić information content (AvgIpc) is 3.65. The molecule has 2 saturated heterocycles. The Morgan fingerprint density at radius 1 is 1.02 bits per heavy atom. The van der Waals surface area contributed by atoms with E-state index in [0.29, 0.717) is 45.1 Å². The van der Waals surface area contributed by atoms with Crippen molar-refractivity contribution < 1.29 is 24.0 Å². The minimum atomic E-state index is -0.912. The van der Waals surface area contributed by atoms with Gasteiger partial charge in [0.15, 0.2) is 5.78 Å². The zero-order valence-electron chi connectivity index (χ0n) is 25.2. The number of ketones is 2. The fourth-order valence-electron chi connectivity index (χ4n) is 6.27. The highest BCUT2D eigenvalue weighted by Crippen LogP contribution is 2.27. The lowest BCUT2D eigenvalue weighted by molar-refractivity contribution is -0.144. The van der Waals surface area contributed by atoms with Gasteiger partial charge in [-0.15, -0.1) is 0 Å². The number of carbonyl (C=O) groups excluding carboxylic acids is 5. The predicted octanol–water partition coefficient (Wildman–Crippen LogP) is 4.24. The lowest BCUT2D eigenvalue weighted by atomic mass is 9.90. The van der Waals surface area contributed by atoms with Crippen LogP contribution in [0.1, 0.15) is 90.5 Å². The summed E-state index contributed by atoms with van der Waals surface area (Å²) in [7, 11) is 0. The zero-order valence-corrected chi connectivity index (χ0v) is 25.2. The van der Waals surface area contributed by atoms with Gasteiger partial charge in [0.05, 0.1) is 6.04 Å². The molecule has 0 spiro atoms. The molecule has 4 rings (SSSR count). The Hall–Kier alpha value is -3.49. The predicted molar refractivity (Wildman–Crippen MR) is 162 cm³/mol. The second-order valence-corrected chi connectivity index (χ2v) is 12.0.